The summed E-state index contributed by atoms with van der Waals surface area (Å²) in [5.41, 5.74) is 3.17. The van der Waals surface area contributed by atoms with Crippen LogP contribution in [0.1, 0.15) is 39.2 Å². The molecule has 0 heterocycles. The van der Waals surface area contributed by atoms with Crippen molar-refractivity contribution in [2.75, 3.05) is 6.61 Å². The van der Waals surface area contributed by atoms with Crippen LogP contribution in [0.5, 0.6) is 0 Å². The average molecular weight is 389 g/mol. The van der Waals surface area contributed by atoms with E-state index in [1.165, 1.54) is 37.9 Å². The van der Waals surface area contributed by atoms with Gasteiger partial charge in [0.25, 0.3) is 0 Å². The van der Waals surface area contributed by atoms with Crippen LogP contribution in [0.25, 0.3) is 32.3 Å². The zero-order valence-electron chi connectivity index (χ0n) is 17.2. The maximum atomic E-state index is 11.6. The molecule has 4 aromatic rings. The number of hydroxylamine groups is 1. The first kappa shape index (κ1) is 19.5. The van der Waals surface area contributed by atoms with Gasteiger partial charge in [0.1, 0.15) is 5.60 Å². The fourth-order valence-corrected chi connectivity index (χ4v) is 3.91. The number of rotatable bonds is 6. The van der Waals surface area contributed by atoms with Gasteiger partial charge in [0.2, 0.25) is 0 Å². The standard InChI is InChI=1S/C25H27NO3/c1-25(2,3)29-24(27)26-28-16-5-4-7-17-10-11-20-13-12-18-8-6-9-19-14-15-21(17)23(20)22(18)19/h6,8-15H,4-5,7,16H2,1-3H3,(H,26,27). The number of aryl methyl sites for hydroxylation is 1. The molecule has 4 aromatic carbocycles. The highest BCUT2D eigenvalue weighted by Crippen LogP contribution is 2.36. The van der Waals surface area contributed by atoms with Gasteiger partial charge in [0.05, 0.1) is 6.61 Å². The van der Waals surface area contributed by atoms with E-state index in [2.05, 4.69) is 60.1 Å². The molecule has 1 N–H and O–H groups in total. The highest BCUT2D eigenvalue weighted by molar-refractivity contribution is 6.23. The SMILES string of the molecule is CC(C)(C)OC(=O)NOCCCCc1ccc2ccc3cccc4ccc1c2c34. The lowest BCUT2D eigenvalue weighted by molar-refractivity contribution is -0.00850. The third-order valence-corrected chi connectivity index (χ3v) is 5.12. The molecule has 29 heavy (non-hydrogen) atoms. The van der Waals surface area contributed by atoms with Crippen LogP contribution in [0.3, 0.4) is 0 Å². The summed E-state index contributed by atoms with van der Waals surface area (Å²) in [6, 6.07) is 19.8. The van der Waals surface area contributed by atoms with Crippen LogP contribution in [-0.2, 0) is 16.0 Å². The molecule has 0 atom stereocenters. The Bertz CT molecular complexity index is 1130. The Balaban J connectivity index is 1.40. The molecule has 0 aliphatic carbocycles. The molecule has 4 nitrogen and oxygen atoms in total. The lowest BCUT2D eigenvalue weighted by atomic mass is 9.91. The van der Waals surface area contributed by atoms with Crippen LogP contribution < -0.4 is 5.48 Å². The maximum absolute atomic E-state index is 11.6. The fourth-order valence-electron chi connectivity index (χ4n) is 3.91. The van der Waals surface area contributed by atoms with Crippen LogP contribution in [-0.4, -0.2) is 18.3 Å². The predicted molar refractivity (Wildman–Crippen MR) is 118 cm³/mol. The van der Waals surface area contributed by atoms with Gasteiger partial charge in [0.15, 0.2) is 0 Å². The van der Waals surface area contributed by atoms with Crippen molar-refractivity contribution in [2.24, 2.45) is 0 Å². The number of hydrogen-bond acceptors (Lipinski definition) is 3. The number of unbranched alkanes of at least 4 members (excludes halogenated alkanes) is 1. The summed E-state index contributed by atoms with van der Waals surface area (Å²) >= 11 is 0. The fraction of sp³-hybridized carbons (Fsp3) is 0.320. The van der Waals surface area contributed by atoms with Crippen molar-refractivity contribution in [3.05, 3.63) is 60.2 Å². The van der Waals surface area contributed by atoms with E-state index in [0.717, 1.165) is 19.3 Å². The smallest absolute Gasteiger partial charge is 0.431 e. The number of nitrogens with one attached hydrogen (secondary N) is 1. The molecule has 0 aromatic heterocycles. The van der Waals surface area contributed by atoms with E-state index in [4.69, 9.17) is 9.57 Å². The minimum atomic E-state index is -0.552. The van der Waals surface area contributed by atoms with E-state index in [1.807, 2.05) is 20.8 Å². The molecule has 0 fully saturated rings. The first-order valence-corrected chi connectivity index (χ1v) is 10.2. The van der Waals surface area contributed by atoms with E-state index in [9.17, 15) is 4.79 Å². The van der Waals surface area contributed by atoms with Crippen LogP contribution in [0.4, 0.5) is 4.79 Å². The first-order valence-electron chi connectivity index (χ1n) is 10.2. The summed E-state index contributed by atoms with van der Waals surface area (Å²) < 4.78 is 5.14. The van der Waals surface area contributed by atoms with E-state index < -0.39 is 11.7 Å². The average Bonchev–Trinajstić information content (AvgIpc) is 2.68. The summed E-state index contributed by atoms with van der Waals surface area (Å²) in [6.07, 6.45) is 2.27. The van der Waals surface area contributed by atoms with Gasteiger partial charge in [-0.2, -0.15) is 5.48 Å². The number of carbonyl (C=O) groups is 1. The van der Waals surface area contributed by atoms with Gasteiger partial charge in [-0.1, -0.05) is 54.6 Å². The molecule has 1 amide bonds. The van der Waals surface area contributed by atoms with E-state index in [-0.39, 0.29) is 0 Å². The van der Waals surface area contributed by atoms with Gasteiger partial charge in [-0.3, -0.25) is 4.84 Å². The number of hydrogen-bond donors (Lipinski definition) is 1. The molecule has 0 radical (unpaired) electrons. The van der Waals surface area contributed by atoms with Gasteiger partial charge in [-0.25, -0.2) is 4.79 Å². The zero-order chi connectivity index (χ0) is 20.4. The third kappa shape index (κ3) is 4.28. The second-order valence-electron chi connectivity index (χ2n) is 8.49. The van der Waals surface area contributed by atoms with Gasteiger partial charge < -0.3 is 4.74 Å². The second-order valence-corrected chi connectivity index (χ2v) is 8.49. The molecule has 0 saturated heterocycles. The van der Waals surface area contributed by atoms with Gasteiger partial charge >= 0.3 is 6.09 Å². The van der Waals surface area contributed by atoms with Crippen molar-refractivity contribution < 1.29 is 14.4 Å². The molecule has 4 heteroatoms. The predicted octanol–water partition coefficient (Wildman–Crippen LogP) is 6.36. The normalized spacial score (nSPS) is 12.1. The van der Waals surface area contributed by atoms with Crippen LogP contribution in [0.15, 0.2) is 54.6 Å². The van der Waals surface area contributed by atoms with Crippen molar-refractivity contribution in [1.82, 2.24) is 5.48 Å². The Morgan fingerprint density at radius 1 is 0.862 bits per heavy atom. The molecule has 0 unspecified atom stereocenters. The minimum Gasteiger partial charge on any atom is -0.442 e. The Kier molecular flexibility index (Phi) is 5.29. The van der Waals surface area contributed by atoms with E-state index in [0.29, 0.717) is 6.61 Å². The molecule has 0 bridgehead atoms. The summed E-state index contributed by atoms with van der Waals surface area (Å²) in [5, 5.41) is 7.92. The van der Waals surface area contributed by atoms with Crippen LogP contribution in [0.2, 0.25) is 0 Å². The third-order valence-electron chi connectivity index (χ3n) is 5.12. The summed E-state index contributed by atoms with van der Waals surface area (Å²) in [7, 11) is 0. The lowest BCUT2D eigenvalue weighted by Gasteiger charge is -2.19. The topological polar surface area (TPSA) is 47.6 Å². The minimum absolute atomic E-state index is 0.463. The molecule has 0 saturated carbocycles. The number of benzene rings is 4. The largest absolute Gasteiger partial charge is 0.442 e. The quantitative estimate of drug-likeness (QED) is 0.237. The molecular weight excluding hydrogens is 362 g/mol. The van der Waals surface area contributed by atoms with Crippen molar-refractivity contribution in [2.45, 2.75) is 45.6 Å². The molecular formula is C25H27NO3. The Morgan fingerprint density at radius 2 is 1.52 bits per heavy atom. The van der Waals surface area contributed by atoms with Crippen LogP contribution in [0, 0.1) is 0 Å². The van der Waals surface area contributed by atoms with Crippen molar-refractivity contribution in [1.29, 1.82) is 0 Å². The molecule has 0 spiro atoms. The highest BCUT2D eigenvalue weighted by atomic mass is 16.7. The van der Waals surface area contributed by atoms with E-state index in [1.54, 1.807) is 0 Å². The number of carbonyl (C=O) groups excluding carboxylic acids is 1. The number of ether oxygens (including phenoxy) is 1. The molecule has 4 rings (SSSR count). The Labute approximate surface area is 171 Å². The monoisotopic (exact) mass is 389 g/mol. The molecule has 0 aliphatic rings. The highest BCUT2D eigenvalue weighted by Gasteiger charge is 2.16. The van der Waals surface area contributed by atoms with Crippen molar-refractivity contribution in [3.63, 3.8) is 0 Å². The summed E-state index contributed by atoms with van der Waals surface area (Å²) in [5.74, 6) is 0. The summed E-state index contributed by atoms with van der Waals surface area (Å²) in [6.45, 7) is 5.93. The Hall–Kier alpha value is -2.85. The first-order chi connectivity index (χ1) is 13.9. The summed E-state index contributed by atoms with van der Waals surface area (Å²) in [4.78, 5) is 16.8. The molecule has 0 aliphatic heterocycles. The zero-order valence-corrected chi connectivity index (χ0v) is 17.2. The maximum Gasteiger partial charge on any atom is 0.431 e. The van der Waals surface area contributed by atoms with Crippen LogP contribution >= 0.6 is 0 Å². The van der Waals surface area contributed by atoms with Gasteiger partial charge in [-0.15, -0.1) is 0 Å². The van der Waals surface area contributed by atoms with Crippen molar-refractivity contribution >= 4 is 38.4 Å². The second kappa shape index (κ2) is 7.88. The lowest BCUT2D eigenvalue weighted by Crippen LogP contribution is -2.32. The van der Waals surface area contributed by atoms with Gasteiger partial charge in [-0.05, 0) is 77.9 Å². The number of amides is 1. The van der Waals surface area contributed by atoms with Crippen molar-refractivity contribution in [3.8, 4) is 0 Å². The van der Waals surface area contributed by atoms with E-state index >= 15 is 0 Å². The molecule has 150 valence electrons. The Morgan fingerprint density at radius 3 is 2.24 bits per heavy atom. The van der Waals surface area contributed by atoms with Gasteiger partial charge in [0, 0.05) is 0 Å².